The van der Waals surface area contributed by atoms with Gasteiger partial charge in [-0.05, 0) is 19.4 Å². The summed E-state index contributed by atoms with van der Waals surface area (Å²) in [6.45, 7) is 2.61. The molecule has 2 heterocycles. The molecule has 2 aliphatic heterocycles. The van der Waals surface area contributed by atoms with Gasteiger partial charge in [-0.2, -0.15) is 0 Å². The minimum atomic E-state index is -0.182. The number of piperidine rings is 1. The molecule has 0 spiro atoms. The first kappa shape index (κ1) is 10.9. The van der Waals surface area contributed by atoms with Gasteiger partial charge in [-0.15, -0.1) is 0 Å². The highest BCUT2D eigenvalue weighted by Gasteiger charge is 2.30. The van der Waals surface area contributed by atoms with Crippen molar-refractivity contribution in [2.45, 2.75) is 37.8 Å². The zero-order valence-corrected chi connectivity index (χ0v) is 9.37. The lowest BCUT2D eigenvalue weighted by Crippen LogP contribution is -2.39. The molecule has 0 aromatic carbocycles. The average molecular weight is 212 g/mol. The van der Waals surface area contributed by atoms with Crippen LogP contribution in [0.3, 0.4) is 0 Å². The van der Waals surface area contributed by atoms with Crippen LogP contribution in [0.4, 0.5) is 0 Å². The van der Waals surface area contributed by atoms with E-state index in [4.69, 9.17) is 4.74 Å². The number of hydrogen-bond acceptors (Lipinski definition) is 3. The van der Waals surface area contributed by atoms with Crippen molar-refractivity contribution in [1.82, 2.24) is 10.2 Å². The lowest BCUT2D eigenvalue weighted by atomic mass is 10.1. The van der Waals surface area contributed by atoms with Crippen molar-refractivity contribution in [3.8, 4) is 0 Å². The van der Waals surface area contributed by atoms with E-state index in [9.17, 15) is 4.79 Å². The van der Waals surface area contributed by atoms with Crippen LogP contribution in [0.2, 0.25) is 0 Å². The van der Waals surface area contributed by atoms with Crippen LogP contribution in [0.25, 0.3) is 0 Å². The number of ether oxygens (including phenoxy) is 1. The highest BCUT2D eigenvalue weighted by molar-refractivity contribution is 5.82. The molecule has 2 rings (SSSR count). The SMILES string of the molecule is CN1CCC(OCC2CCCCN2)C1=O. The summed E-state index contributed by atoms with van der Waals surface area (Å²) in [6.07, 6.45) is 4.39. The van der Waals surface area contributed by atoms with Crippen LogP contribution in [-0.4, -0.2) is 49.7 Å². The van der Waals surface area contributed by atoms with E-state index in [0.717, 1.165) is 19.5 Å². The highest BCUT2D eigenvalue weighted by atomic mass is 16.5. The molecule has 0 aliphatic carbocycles. The van der Waals surface area contributed by atoms with E-state index in [1.54, 1.807) is 4.90 Å². The molecule has 2 saturated heterocycles. The van der Waals surface area contributed by atoms with Gasteiger partial charge in [0.25, 0.3) is 5.91 Å². The summed E-state index contributed by atoms with van der Waals surface area (Å²) in [5.74, 6) is 0.144. The maximum Gasteiger partial charge on any atom is 0.251 e. The van der Waals surface area contributed by atoms with Crippen LogP contribution in [0.15, 0.2) is 0 Å². The molecule has 2 unspecified atom stereocenters. The Morgan fingerprint density at radius 2 is 2.33 bits per heavy atom. The van der Waals surface area contributed by atoms with Gasteiger partial charge in [-0.25, -0.2) is 0 Å². The number of rotatable bonds is 3. The Morgan fingerprint density at radius 3 is 2.93 bits per heavy atom. The van der Waals surface area contributed by atoms with E-state index >= 15 is 0 Å². The Balaban J connectivity index is 1.71. The predicted octanol–water partition coefficient (Wildman–Crippen LogP) is 0.376. The maximum absolute atomic E-state index is 11.6. The molecule has 2 aliphatic rings. The largest absolute Gasteiger partial charge is 0.367 e. The molecule has 1 N–H and O–H groups in total. The Morgan fingerprint density at radius 1 is 1.47 bits per heavy atom. The van der Waals surface area contributed by atoms with Gasteiger partial charge in [0.2, 0.25) is 0 Å². The fourth-order valence-corrected chi connectivity index (χ4v) is 2.24. The van der Waals surface area contributed by atoms with E-state index in [1.165, 1.54) is 19.3 Å². The molecule has 15 heavy (non-hydrogen) atoms. The van der Waals surface area contributed by atoms with Crippen LogP contribution in [0.1, 0.15) is 25.7 Å². The fourth-order valence-electron chi connectivity index (χ4n) is 2.24. The summed E-state index contributed by atoms with van der Waals surface area (Å²) in [6, 6.07) is 0.456. The summed E-state index contributed by atoms with van der Waals surface area (Å²) in [5, 5.41) is 3.42. The van der Waals surface area contributed by atoms with Gasteiger partial charge in [0, 0.05) is 26.1 Å². The number of likely N-dealkylation sites (tertiary alicyclic amines) is 1. The molecule has 0 aromatic rings. The molecule has 4 nitrogen and oxygen atoms in total. The average Bonchev–Trinajstić information content (AvgIpc) is 2.59. The zero-order chi connectivity index (χ0) is 10.7. The Labute approximate surface area is 91.0 Å². The normalized spacial score (nSPS) is 32.3. The molecular formula is C11H20N2O2. The second-order valence-corrected chi connectivity index (χ2v) is 4.52. The smallest absolute Gasteiger partial charge is 0.251 e. The first-order valence-corrected chi connectivity index (χ1v) is 5.87. The second-order valence-electron chi connectivity index (χ2n) is 4.52. The summed E-state index contributed by atoms with van der Waals surface area (Å²) in [4.78, 5) is 13.3. The Hall–Kier alpha value is -0.610. The van der Waals surface area contributed by atoms with Gasteiger partial charge in [0.15, 0.2) is 0 Å². The lowest BCUT2D eigenvalue weighted by Gasteiger charge is -2.24. The number of carbonyl (C=O) groups excluding carboxylic acids is 1. The molecule has 4 heteroatoms. The van der Waals surface area contributed by atoms with Crippen LogP contribution in [0, 0.1) is 0 Å². The van der Waals surface area contributed by atoms with Crippen LogP contribution >= 0.6 is 0 Å². The second kappa shape index (κ2) is 4.94. The molecule has 0 aromatic heterocycles. The van der Waals surface area contributed by atoms with Gasteiger partial charge in [-0.1, -0.05) is 6.42 Å². The lowest BCUT2D eigenvalue weighted by molar-refractivity contribution is -0.136. The van der Waals surface area contributed by atoms with Crippen LogP contribution in [0.5, 0.6) is 0 Å². The van der Waals surface area contributed by atoms with Gasteiger partial charge < -0.3 is 15.0 Å². The van der Waals surface area contributed by atoms with Crippen molar-refractivity contribution in [3.05, 3.63) is 0 Å². The molecular weight excluding hydrogens is 192 g/mol. The molecule has 0 bridgehead atoms. The Bertz CT molecular complexity index is 227. The summed E-state index contributed by atoms with van der Waals surface area (Å²) >= 11 is 0. The Kier molecular flexibility index (Phi) is 3.59. The van der Waals surface area contributed by atoms with Gasteiger partial charge in [0.05, 0.1) is 6.61 Å². The number of nitrogens with one attached hydrogen (secondary N) is 1. The third kappa shape index (κ3) is 2.69. The number of amides is 1. The number of nitrogens with zero attached hydrogens (tertiary/aromatic N) is 1. The van der Waals surface area contributed by atoms with Crippen molar-refractivity contribution in [1.29, 1.82) is 0 Å². The van der Waals surface area contributed by atoms with E-state index in [0.29, 0.717) is 12.6 Å². The standard InChI is InChI=1S/C11H20N2O2/c1-13-7-5-10(11(13)14)15-8-9-4-2-3-6-12-9/h9-10,12H,2-8H2,1H3. The fraction of sp³-hybridized carbons (Fsp3) is 0.909. The van der Waals surface area contributed by atoms with Gasteiger partial charge >= 0.3 is 0 Å². The van der Waals surface area contributed by atoms with E-state index in [1.807, 2.05) is 7.05 Å². The van der Waals surface area contributed by atoms with Crippen molar-refractivity contribution >= 4 is 5.91 Å². The number of carbonyl (C=O) groups is 1. The summed E-state index contributed by atoms with van der Waals surface area (Å²) < 4.78 is 5.67. The minimum Gasteiger partial charge on any atom is -0.367 e. The predicted molar refractivity (Wildman–Crippen MR) is 57.6 cm³/mol. The first-order chi connectivity index (χ1) is 7.27. The number of hydrogen-bond donors (Lipinski definition) is 1. The summed E-state index contributed by atoms with van der Waals surface area (Å²) in [7, 11) is 1.84. The molecule has 1 amide bonds. The van der Waals surface area contributed by atoms with E-state index < -0.39 is 0 Å². The van der Waals surface area contributed by atoms with E-state index in [2.05, 4.69) is 5.32 Å². The third-order valence-corrected chi connectivity index (χ3v) is 3.29. The van der Waals surface area contributed by atoms with Crippen molar-refractivity contribution in [3.63, 3.8) is 0 Å². The topological polar surface area (TPSA) is 41.6 Å². The van der Waals surface area contributed by atoms with Crippen LogP contribution in [-0.2, 0) is 9.53 Å². The molecule has 0 saturated carbocycles. The summed E-state index contributed by atoms with van der Waals surface area (Å²) in [5.41, 5.74) is 0. The molecule has 2 fully saturated rings. The first-order valence-electron chi connectivity index (χ1n) is 5.87. The van der Waals surface area contributed by atoms with Crippen molar-refractivity contribution < 1.29 is 9.53 Å². The maximum atomic E-state index is 11.6. The molecule has 86 valence electrons. The van der Waals surface area contributed by atoms with Gasteiger partial charge in [-0.3, -0.25) is 4.79 Å². The highest BCUT2D eigenvalue weighted by Crippen LogP contribution is 2.14. The zero-order valence-electron chi connectivity index (χ0n) is 9.37. The molecule has 2 atom stereocenters. The quantitative estimate of drug-likeness (QED) is 0.735. The number of likely N-dealkylation sites (N-methyl/N-ethyl adjacent to an activating group) is 1. The minimum absolute atomic E-state index is 0.144. The van der Waals surface area contributed by atoms with Crippen molar-refractivity contribution in [2.75, 3.05) is 26.7 Å². The van der Waals surface area contributed by atoms with Crippen LogP contribution < -0.4 is 5.32 Å². The third-order valence-electron chi connectivity index (χ3n) is 3.29. The monoisotopic (exact) mass is 212 g/mol. The molecule has 0 radical (unpaired) electrons. The van der Waals surface area contributed by atoms with Gasteiger partial charge in [0.1, 0.15) is 6.10 Å². The van der Waals surface area contributed by atoms with E-state index in [-0.39, 0.29) is 12.0 Å². The van der Waals surface area contributed by atoms with Crippen molar-refractivity contribution in [2.24, 2.45) is 0 Å².